The summed E-state index contributed by atoms with van der Waals surface area (Å²) in [6.07, 6.45) is 1.50. The van der Waals surface area contributed by atoms with Gasteiger partial charge in [0.15, 0.2) is 5.82 Å². The van der Waals surface area contributed by atoms with Crippen molar-refractivity contribution in [3.8, 4) is 5.95 Å². The monoisotopic (exact) mass is 339 g/mol. The van der Waals surface area contributed by atoms with E-state index >= 15 is 0 Å². The molecule has 2 rings (SSSR count). The summed E-state index contributed by atoms with van der Waals surface area (Å²) < 4.78 is 10.1. The van der Waals surface area contributed by atoms with Crippen LogP contribution in [0.1, 0.15) is 33.6 Å². The number of hydrogen-bond donors (Lipinski definition) is 2. The van der Waals surface area contributed by atoms with Gasteiger partial charge in [0.05, 0.1) is 18.7 Å². The van der Waals surface area contributed by atoms with E-state index in [4.69, 9.17) is 15.0 Å². The van der Waals surface area contributed by atoms with E-state index in [1.165, 1.54) is 16.1 Å². The summed E-state index contributed by atoms with van der Waals surface area (Å²) in [6, 6.07) is 0.405. The van der Waals surface area contributed by atoms with Gasteiger partial charge in [0.2, 0.25) is 0 Å². The van der Waals surface area contributed by atoms with Crippen LogP contribution in [0.4, 0.5) is 10.6 Å². The lowest BCUT2D eigenvalue weighted by Gasteiger charge is -2.31. The van der Waals surface area contributed by atoms with E-state index < -0.39 is 12.1 Å². The van der Waals surface area contributed by atoms with Crippen LogP contribution in [0.3, 0.4) is 0 Å². The molecular formula is C15H25N5O4. The quantitative estimate of drug-likeness (QED) is 0.810. The van der Waals surface area contributed by atoms with Crippen LogP contribution in [-0.2, 0) is 4.79 Å². The largest absolute Gasteiger partial charge is 0.464 e. The van der Waals surface area contributed by atoms with Crippen LogP contribution in [0.2, 0.25) is 0 Å². The molecule has 0 saturated carbocycles. The standard InChI is InChI=1S/C15H25N5O4/c1-4-10(3)13(16)14(21)19-7-6-8-20(19)15(22)17-11-9-12(23-5-2)24-18-11/h9-10,13H,4-8,16H2,1-3H3,(H,17,18,22). The number of nitrogens with two attached hydrogens (primary N) is 1. The van der Waals surface area contributed by atoms with Crippen LogP contribution in [0.5, 0.6) is 5.95 Å². The number of carbonyl (C=O) groups excluding carboxylic acids is 2. The van der Waals surface area contributed by atoms with Gasteiger partial charge in [0.25, 0.3) is 5.91 Å². The van der Waals surface area contributed by atoms with Crippen LogP contribution < -0.4 is 15.8 Å². The predicted octanol–water partition coefficient (Wildman–Crippen LogP) is 1.43. The highest BCUT2D eigenvalue weighted by molar-refractivity contribution is 5.91. The van der Waals surface area contributed by atoms with Crippen LogP contribution in [-0.4, -0.2) is 52.9 Å². The molecule has 1 aromatic rings. The number of hydrogen-bond acceptors (Lipinski definition) is 6. The summed E-state index contributed by atoms with van der Waals surface area (Å²) in [5, 5.41) is 9.08. The van der Waals surface area contributed by atoms with Gasteiger partial charge < -0.3 is 15.0 Å². The molecule has 3 N–H and O–H groups in total. The number of rotatable bonds is 6. The average molecular weight is 339 g/mol. The summed E-state index contributed by atoms with van der Waals surface area (Å²) in [4.78, 5) is 24.9. The summed E-state index contributed by atoms with van der Waals surface area (Å²) >= 11 is 0. The number of anilines is 1. The minimum atomic E-state index is -0.625. The first kappa shape index (κ1) is 18.1. The third-order valence-electron chi connectivity index (χ3n) is 4.07. The molecule has 9 heteroatoms. The summed E-state index contributed by atoms with van der Waals surface area (Å²) in [7, 11) is 0. The molecule has 3 amide bonds. The van der Waals surface area contributed by atoms with E-state index in [-0.39, 0.29) is 23.6 Å². The molecule has 2 heterocycles. The molecule has 9 nitrogen and oxygen atoms in total. The van der Waals surface area contributed by atoms with Crippen LogP contribution in [0.15, 0.2) is 10.6 Å². The molecule has 1 aliphatic rings. The second kappa shape index (κ2) is 8.00. The maximum absolute atomic E-state index is 12.5. The maximum atomic E-state index is 12.5. The number of urea groups is 1. The van der Waals surface area contributed by atoms with Gasteiger partial charge in [-0.15, -0.1) is 0 Å². The predicted molar refractivity (Wildman–Crippen MR) is 87.2 cm³/mol. The molecule has 24 heavy (non-hydrogen) atoms. The topological polar surface area (TPSA) is 114 Å². The summed E-state index contributed by atoms with van der Waals surface area (Å²) in [5.41, 5.74) is 6.01. The molecule has 0 spiro atoms. The van der Waals surface area contributed by atoms with Gasteiger partial charge >= 0.3 is 12.0 Å². The fourth-order valence-electron chi connectivity index (χ4n) is 2.42. The smallest absolute Gasteiger partial charge is 0.341 e. The zero-order valence-electron chi connectivity index (χ0n) is 14.3. The normalized spacial score (nSPS) is 16.8. The first-order valence-corrected chi connectivity index (χ1v) is 8.22. The van der Waals surface area contributed by atoms with Crippen LogP contribution >= 0.6 is 0 Å². The van der Waals surface area contributed by atoms with Crippen molar-refractivity contribution in [2.75, 3.05) is 25.0 Å². The van der Waals surface area contributed by atoms with E-state index in [0.717, 1.165) is 6.42 Å². The Balaban J connectivity index is 2.00. The Hall–Kier alpha value is -2.29. The van der Waals surface area contributed by atoms with Crippen molar-refractivity contribution in [2.24, 2.45) is 11.7 Å². The number of amides is 3. The number of nitrogens with one attached hydrogen (secondary N) is 1. The Kier molecular flexibility index (Phi) is 6.02. The summed E-state index contributed by atoms with van der Waals surface area (Å²) in [6.45, 7) is 7.07. The van der Waals surface area contributed by atoms with Crippen molar-refractivity contribution in [1.82, 2.24) is 15.2 Å². The Morgan fingerprint density at radius 2 is 2.12 bits per heavy atom. The van der Waals surface area contributed by atoms with E-state index in [9.17, 15) is 9.59 Å². The molecule has 0 aromatic carbocycles. The molecule has 2 unspecified atom stereocenters. The Bertz CT molecular complexity index is 576. The molecule has 1 saturated heterocycles. The van der Waals surface area contributed by atoms with Gasteiger partial charge in [-0.2, -0.15) is 0 Å². The first-order valence-electron chi connectivity index (χ1n) is 8.22. The van der Waals surface area contributed by atoms with Crippen molar-refractivity contribution in [2.45, 2.75) is 39.7 Å². The second-order valence-corrected chi connectivity index (χ2v) is 5.74. The van der Waals surface area contributed by atoms with Gasteiger partial charge in [-0.25, -0.2) is 14.8 Å². The molecule has 0 radical (unpaired) electrons. The highest BCUT2D eigenvalue weighted by Crippen LogP contribution is 2.19. The minimum Gasteiger partial charge on any atom is -0.464 e. The van der Waals surface area contributed by atoms with Crippen molar-refractivity contribution in [3.05, 3.63) is 6.07 Å². The van der Waals surface area contributed by atoms with Crippen molar-refractivity contribution in [3.63, 3.8) is 0 Å². The zero-order valence-corrected chi connectivity index (χ0v) is 14.3. The lowest BCUT2D eigenvalue weighted by atomic mass is 9.99. The van der Waals surface area contributed by atoms with Crippen molar-refractivity contribution < 1.29 is 18.8 Å². The molecule has 134 valence electrons. The lowest BCUT2D eigenvalue weighted by Crippen LogP contribution is -2.53. The van der Waals surface area contributed by atoms with Gasteiger partial charge in [-0.1, -0.05) is 25.4 Å². The molecular weight excluding hydrogens is 314 g/mol. The van der Waals surface area contributed by atoms with Crippen LogP contribution in [0, 0.1) is 5.92 Å². The number of ether oxygens (including phenoxy) is 1. The molecule has 1 fully saturated rings. The fraction of sp³-hybridized carbons (Fsp3) is 0.667. The first-order chi connectivity index (χ1) is 11.5. The van der Waals surface area contributed by atoms with Gasteiger partial charge in [-0.3, -0.25) is 10.1 Å². The van der Waals surface area contributed by atoms with E-state index in [1.807, 2.05) is 20.8 Å². The Morgan fingerprint density at radius 1 is 1.42 bits per heavy atom. The lowest BCUT2D eigenvalue weighted by molar-refractivity contribution is -0.142. The second-order valence-electron chi connectivity index (χ2n) is 5.74. The van der Waals surface area contributed by atoms with Gasteiger partial charge in [-0.05, 0) is 19.3 Å². The number of nitrogens with zero attached hydrogens (tertiary/aromatic N) is 3. The Morgan fingerprint density at radius 3 is 2.79 bits per heavy atom. The molecule has 0 bridgehead atoms. The van der Waals surface area contributed by atoms with Gasteiger partial charge in [0.1, 0.15) is 0 Å². The highest BCUT2D eigenvalue weighted by atomic mass is 16.6. The Labute approximate surface area is 141 Å². The van der Waals surface area contributed by atoms with Gasteiger partial charge in [0, 0.05) is 13.1 Å². The molecule has 2 atom stereocenters. The SMILES string of the molecule is CCOc1cc(NC(=O)N2CCCN2C(=O)C(N)C(C)CC)no1. The number of hydrazine groups is 1. The van der Waals surface area contributed by atoms with E-state index in [1.54, 1.807) is 0 Å². The number of aromatic nitrogens is 1. The zero-order chi connectivity index (χ0) is 17.7. The van der Waals surface area contributed by atoms with Crippen molar-refractivity contribution >= 4 is 17.8 Å². The highest BCUT2D eigenvalue weighted by Gasteiger charge is 2.35. The van der Waals surface area contributed by atoms with E-state index in [0.29, 0.717) is 26.1 Å². The third-order valence-corrected chi connectivity index (χ3v) is 4.07. The average Bonchev–Trinajstić information content (AvgIpc) is 3.22. The fourth-order valence-corrected chi connectivity index (χ4v) is 2.42. The number of carbonyl (C=O) groups is 2. The van der Waals surface area contributed by atoms with Crippen molar-refractivity contribution in [1.29, 1.82) is 0 Å². The van der Waals surface area contributed by atoms with E-state index in [2.05, 4.69) is 10.5 Å². The third kappa shape index (κ3) is 3.97. The maximum Gasteiger partial charge on any atom is 0.341 e. The molecule has 1 aromatic heterocycles. The summed E-state index contributed by atoms with van der Waals surface area (Å²) in [5.74, 6) is 0.259. The van der Waals surface area contributed by atoms with Crippen LogP contribution in [0.25, 0.3) is 0 Å². The minimum absolute atomic E-state index is 0.0484. The molecule has 1 aliphatic heterocycles. The molecule has 0 aliphatic carbocycles.